The maximum atomic E-state index is 9.08. The van der Waals surface area contributed by atoms with Crippen LogP contribution in [-0.2, 0) is 7.05 Å². The second kappa shape index (κ2) is 3.93. The molecule has 2 heterocycles. The molecule has 3 rings (SSSR count). The summed E-state index contributed by atoms with van der Waals surface area (Å²) >= 11 is 0. The van der Waals surface area contributed by atoms with Crippen LogP contribution in [0.15, 0.2) is 36.9 Å². The van der Waals surface area contributed by atoms with Gasteiger partial charge in [0, 0.05) is 19.4 Å². The third-order valence-corrected chi connectivity index (χ3v) is 2.85. The minimum absolute atomic E-state index is 0.575. The van der Waals surface area contributed by atoms with Crippen LogP contribution in [0.2, 0.25) is 0 Å². The number of hydrogen-bond donors (Lipinski definition) is 0. The SMILES string of the molecule is Cn1c(-c2cncnc2)nc2c(C#N)cccc21. The van der Waals surface area contributed by atoms with E-state index in [2.05, 4.69) is 21.0 Å². The van der Waals surface area contributed by atoms with E-state index in [4.69, 9.17) is 5.26 Å². The molecule has 0 spiro atoms. The molecule has 0 aliphatic heterocycles. The van der Waals surface area contributed by atoms with Crippen molar-refractivity contribution < 1.29 is 0 Å². The smallest absolute Gasteiger partial charge is 0.144 e. The van der Waals surface area contributed by atoms with E-state index in [0.717, 1.165) is 16.9 Å². The molecule has 0 aliphatic rings. The molecule has 5 nitrogen and oxygen atoms in total. The number of nitriles is 1. The molecule has 0 aliphatic carbocycles. The van der Waals surface area contributed by atoms with Crippen LogP contribution < -0.4 is 0 Å². The molecule has 86 valence electrons. The molecule has 0 N–H and O–H groups in total. The van der Waals surface area contributed by atoms with Gasteiger partial charge in [-0.2, -0.15) is 5.26 Å². The van der Waals surface area contributed by atoms with Crippen molar-refractivity contribution in [2.24, 2.45) is 7.05 Å². The summed E-state index contributed by atoms with van der Waals surface area (Å²) in [6, 6.07) is 7.72. The maximum absolute atomic E-state index is 9.08. The fraction of sp³-hybridized carbons (Fsp3) is 0.0769. The Balaban J connectivity index is 2.34. The molecule has 0 fully saturated rings. The van der Waals surface area contributed by atoms with Crippen LogP contribution in [-0.4, -0.2) is 19.5 Å². The zero-order valence-corrected chi connectivity index (χ0v) is 9.70. The first kappa shape index (κ1) is 10.4. The van der Waals surface area contributed by atoms with Crippen molar-refractivity contribution in [1.29, 1.82) is 5.26 Å². The zero-order valence-electron chi connectivity index (χ0n) is 9.70. The third-order valence-electron chi connectivity index (χ3n) is 2.85. The fourth-order valence-corrected chi connectivity index (χ4v) is 1.98. The Morgan fingerprint density at radius 2 is 2.00 bits per heavy atom. The lowest BCUT2D eigenvalue weighted by Gasteiger charge is -2.00. The lowest BCUT2D eigenvalue weighted by Crippen LogP contribution is -1.93. The molecule has 5 heteroatoms. The molecule has 0 amide bonds. The second-order valence-corrected chi connectivity index (χ2v) is 3.91. The highest BCUT2D eigenvalue weighted by Gasteiger charge is 2.12. The maximum Gasteiger partial charge on any atom is 0.144 e. The standard InChI is InChI=1S/C13H9N5/c1-18-11-4-2-3-9(5-14)12(11)17-13(18)10-6-15-8-16-7-10/h2-4,6-8H,1H3. The van der Waals surface area contributed by atoms with E-state index in [1.165, 1.54) is 6.33 Å². The van der Waals surface area contributed by atoms with Gasteiger partial charge < -0.3 is 4.57 Å². The summed E-state index contributed by atoms with van der Waals surface area (Å²) in [6.07, 6.45) is 4.90. The van der Waals surface area contributed by atoms with Gasteiger partial charge in [0.05, 0.1) is 16.6 Å². The number of nitrogens with zero attached hydrogens (tertiary/aromatic N) is 5. The quantitative estimate of drug-likeness (QED) is 0.646. The van der Waals surface area contributed by atoms with Crippen LogP contribution in [0.25, 0.3) is 22.4 Å². The summed E-state index contributed by atoms with van der Waals surface area (Å²) in [7, 11) is 1.92. The molecule has 0 saturated heterocycles. The highest BCUT2D eigenvalue weighted by molar-refractivity contribution is 5.85. The van der Waals surface area contributed by atoms with Gasteiger partial charge in [0.2, 0.25) is 0 Å². The lowest BCUT2D eigenvalue weighted by atomic mass is 10.2. The van der Waals surface area contributed by atoms with Crippen LogP contribution in [0.4, 0.5) is 0 Å². The van der Waals surface area contributed by atoms with Crippen LogP contribution >= 0.6 is 0 Å². The van der Waals surface area contributed by atoms with E-state index in [0.29, 0.717) is 11.1 Å². The van der Waals surface area contributed by atoms with Gasteiger partial charge in [-0.15, -0.1) is 0 Å². The number of para-hydroxylation sites is 1. The molecule has 0 unspecified atom stereocenters. The highest BCUT2D eigenvalue weighted by Crippen LogP contribution is 2.24. The van der Waals surface area contributed by atoms with Gasteiger partial charge in [0.1, 0.15) is 23.7 Å². The number of imidazole rings is 1. The minimum Gasteiger partial charge on any atom is -0.327 e. The van der Waals surface area contributed by atoms with Crippen LogP contribution in [0, 0.1) is 11.3 Å². The number of rotatable bonds is 1. The molecule has 18 heavy (non-hydrogen) atoms. The normalized spacial score (nSPS) is 10.4. The van der Waals surface area contributed by atoms with Crippen molar-refractivity contribution in [3.63, 3.8) is 0 Å². The van der Waals surface area contributed by atoms with Crippen molar-refractivity contribution in [2.75, 3.05) is 0 Å². The monoisotopic (exact) mass is 235 g/mol. The average molecular weight is 235 g/mol. The Labute approximate surface area is 103 Å². The number of aromatic nitrogens is 4. The molecule has 0 bridgehead atoms. The Morgan fingerprint density at radius 1 is 1.22 bits per heavy atom. The van der Waals surface area contributed by atoms with Gasteiger partial charge in [-0.05, 0) is 12.1 Å². The Bertz CT molecular complexity index is 752. The molecule has 2 aromatic heterocycles. The Morgan fingerprint density at radius 3 is 2.72 bits per heavy atom. The third kappa shape index (κ3) is 1.44. The van der Waals surface area contributed by atoms with Gasteiger partial charge in [0.25, 0.3) is 0 Å². The van der Waals surface area contributed by atoms with Gasteiger partial charge >= 0.3 is 0 Å². The van der Waals surface area contributed by atoms with Crippen molar-refractivity contribution >= 4 is 11.0 Å². The summed E-state index contributed by atoms with van der Waals surface area (Å²) < 4.78 is 1.94. The predicted molar refractivity (Wildman–Crippen MR) is 66.5 cm³/mol. The first-order chi connectivity index (χ1) is 8.81. The van der Waals surface area contributed by atoms with Gasteiger partial charge in [-0.25, -0.2) is 15.0 Å². The van der Waals surface area contributed by atoms with E-state index in [9.17, 15) is 0 Å². The molecule has 0 atom stereocenters. The second-order valence-electron chi connectivity index (χ2n) is 3.91. The van der Waals surface area contributed by atoms with E-state index >= 15 is 0 Å². The number of hydrogen-bond acceptors (Lipinski definition) is 4. The zero-order chi connectivity index (χ0) is 12.5. The molecular weight excluding hydrogens is 226 g/mol. The lowest BCUT2D eigenvalue weighted by molar-refractivity contribution is 0.954. The first-order valence-electron chi connectivity index (χ1n) is 5.42. The van der Waals surface area contributed by atoms with Crippen LogP contribution in [0.1, 0.15) is 5.56 Å². The van der Waals surface area contributed by atoms with Crippen molar-refractivity contribution in [2.45, 2.75) is 0 Å². The number of benzene rings is 1. The molecule has 0 radical (unpaired) electrons. The van der Waals surface area contributed by atoms with E-state index < -0.39 is 0 Å². The minimum atomic E-state index is 0.575. The van der Waals surface area contributed by atoms with E-state index in [-0.39, 0.29) is 0 Å². The van der Waals surface area contributed by atoms with Crippen molar-refractivity contribution in [1.82, 2.24) is 19.5 Å². The van der Waals surface area contributed by atoms with Crippen LogP contribution in [0.3, 0.4) is 0 Å². The topological polar surface area (TPSA) is 67.4 Å². The summed E-state index contributed by atoms with van der Waals surface area (Å²) in [4.78, 5) is 12.5. The predicted octanol–water partition coefficient (Wildman–Crippen LogP) is 1.90. The average Bonchev–Trinajstić information content (AvgIpc) is 2.77. The fourth-order valence-electron chi connectivity index (χ4n) is 1.98. The summed E-state index contributed by atoms with van der Waals surface area (Å²) in [6.45, 7) is 0. The summed E-state index contributed by atoms with van der Waals surface area (Å²) in [5.74, 6) is 0.758. The molecular formula is C13H9N5. The number of aryl methyl sites for hydroxylation is 1. The number of fused-ring (bicyclic) bond motifs is 1. The van der Waals surface area contributed by atoms with Crippen molar-refractivity contribution in [3.8, 4) is 17.5 Å². The van der Waals surface area contributed by atoms with Crippen LogP contribution in [0.5, 0.6) is 0 Å². The van der Waals surface area contributed by atoms with Gasteiger partial charge in [-0.3, -0.25) is 0 Å². The first-order valence-corrected chi connectivity index (χ1v) is 5.42. The van der Waals surface area contributed by atoms with Crippen molar-refractivity contribution in [3.05, 3.63) is 42.5 Å². The summed E-state index contributed by atoms with van der Waals surface area (Å²) in [5.41, 5.74) is 3.04. The van der Waals surface area contributed by atoms with Gasteiger partial charge in [-0.1, -0.05) is 6.07 Å². The highest BCUT2D eigenvalue weighted by atomic mass is 15.1. The molecule has 1 aromatic carbocycles. The largest absolute Gasteiger partial charge is 0.327 e. The Kier molecular flexibility index (Phi) is 2.27. The molecule has 0 saturated carbocycles. The van der Waals surface area contributed by atoms with E-state index in [1.54, 1.807) is 18.5 Å². The summed E-state index contributed by atoms with van der Waals surface area (Å²) in [5, 5.41) is 9.08. The van der Waals surface area contributed by atoms with Gasteiger partial charge in [0.15, 0.2) is 0 Å². The Hall–Kier alpha value is -2.74. The van der Waals surface area contributed by atoms with E-state index in [1.807, 2.05) is 23.7 Å². The molecule has 3 aromatic rings.